The number of benzene rings is 1. The molecule has 146 valence electrons. The molecule has 0 bridgehead atoms. The highest BCUT2D eigenvalue weighted by atomic mass is 16.6. The Labute approximate surface area is 155 Å². The van der Waals surface area contributed by atoms with Crippen LogP contribution >= 0.6 is 0 Å². The largest absolute Gasteiger partial charge is 0.480 e. The van der Waals surface area contributed by atoms with Crippen LogP contribution in [0.25, 0.3) is 11.0 Å². The third kappa shape index (κ3) is 4.18. The van der Waals surface area contributed by atoms with E-state index in [4.69, 9.17) is 4.74 Å². The number of nitrogens with one attached hydrogen (secondary N) is 2. The van der Waals surface area contributed by atoms with E-state index < -0.39 is 40.4 Å². The van der Waals surface area contributed by atoms with Gasteiger partial charge in [0.15, 0.2) is 6.04 Å². The van der Waals surface area contributed by atoms with E-state index in [1.807, 2.05) is 0 Å². The lowest BCUT2D eigenvalue weighted by Gasteiger charge is -2.35. The molecule has 27 heavy (non-hydrogen) atoms. The van der Waals surface area contributed by atoms with Crippen molar-refractivity contribution in [3.63, 3.8) is 0 Å². The molecule has 0 aliphatic rings. The molecular formula is C18H23N3O6. The molecule has 0 saturated carbocycles. The van der Waals surface area contributed by atoms with Crippen LogP contribution in [-0.2, 0) is 15.1 Å². The summed E-state index contributed by atoms with van der Waals surface area (Å²) in [5.41, 5.74) is -3.40. The predicted octanol–water partition coefficient (Wildman–Crippen LogP) is 1.40. The number of aromatic nitrogens is 2. The lowest BCUT2D eigenvalue weighted by molar-refractivity contribution is -0.142. The van der Waals surface area contributed by atoms with Crippen LogP contribution in [0.15, 0.2) is 33.9 Å². The monoisotopic (exact) mass is 377 g/mol. The summed E-state index contributed by atoms with van der Waals surface area (Å²) in [6.07, 6.45) is -0.940. The van der Waals surface area contributed by atoms with Crippen LogP contribution < -0.4 is 16.4 Å². The summed E-state index contributed by atoms with van der Waals surface area (Å²) >= 11 is 0. The van der Waals surface area contributed by atoms with Crippen LogP contribution in [-0.4, -0.2) is 38.4 Å². The van der Waals surface area contributed by atoms with Gasteiger partial charge in [-0.2, -0.15) is 0 Å². The molecule has 0 unspecified atom stereocenters. The van der Waals surface area contributed by atoms with E-state index in [9.17, 15) is 24.3 Å². The normalized spacial score (nSPS) is 13.2. The molecule has 9 heteroatoms. The van der Waals surface area contributed by atoms with E-state index in [-0.39, 0.29) is 0 Å². The second kappa shape index (κ2) is 6.90. The number of nitrogens with zero attached hydrogens (tertiary/aromatic N) is 1. The van der Waals surface area contributed by atoms with Crippen LogP contribution in [0.5, 0.6) is 0 Å². The van der Waals surface area contributed by atoms with Gasteiger partial charge in [-0.3, -0.25) is 14.2 Å². The van der Waals surface area contributed by atoms with Gasteiger partial charge in [-0.1, -0.05) is 12.1 Å². The van der Waals surface area contributed by atoms with Gasteiger partial charge in [-0.15, -0.1) is 0 Å². The average molecular weight is 377 g/mol. The third-order valence-corrected chi connectivity index (χ3v) is 3.98. The molecule has 1 heterocycles. The molecule has 1 aromatic heterocycles. The van der Waals surface area contributed by atoms with Gasteiger partial charge in [0, 0.05) is 0 Å². The van der Waals surface area contributed by atoms with Gasteiger partial charge in [-0.25, -0.2) is 9.59 Å². The number of carboxylic acid groups (broad SMARTS) is 1. The van der Waals surface area contributed by atoms with Gasteiger partial charge in [0.1, 0.15) is 5.60 Å². The van der Waals surface area contributed by atoms with Crippen LogP contribution in [0.1, 0.15) is 34.6 Å². The van der Waals surface area contributed by atoms with Crippen molar-refractivity contribution in [2.24, 2.45) is 0 Å². The molecule has 1 amide bonds. The number of para-hydroxylation sites is 2. The quantitative estimate of drug-likeness (QED) is 0.691. The molecule has 1 atom stereocenters. The van der Waals surface area contributed by atoms with Crippen molar-refractivity contribution < 1.29 is 19.4 Å². The van der Waals surface area contributed by atoms with Crippen molar-refractivity contribution in [2.75, 3.05) is 0 Å². The summed E-state index contributed by atoms with van der Waals surface area (Å²) in [7, 11) is 0. The van der Waals surface area contributed by atoms with Crippen molar-refractivity contribution in [3.8, 4) is 0 Å². The zero-order valence-electron chi connectivity index (χ0n) is 15.8. The number of fused-ring (bicyclic) bond motifs is 1. The van der Waals surface area contributed by atoms with Crippen molar-refractivity contribution >= 4 is 23.1 Å². The molecule has 0 fully saturated rings. The highest BCUT2D eigenvalue weighted by molar-refractivity contribution is 5.82. The minimum Gasteiger partial charge on any atom is -0.480 e. The van der Waals surface area contributed by atoms with E-state index in [0.717, 1.165) is 4.57 Å². The molecule has 0 aliphatic carbocycles. The summed E-state index contributed by atoms with van der Waals surface area (Å²) in [6.45, 7) is 7.83. The third-order valence-electron chi connectivity index (χ3n) is 3.98. The van der Waals surface area contributed by atoms with E-state index >= 15 is 0 Å². The second-order valence-corrected chi connectivity index (χ2v) is 7.68. The summed E-state index contributed by atoms with van der Waals surface area (Å²) in [4.78, 5) is 51.1. The Morgan fingerprint density at radius 2 is 1.74 bits per heavy atom. The summed E-state index contributed by atoms with van der Waals surface area (Å²) in [6, 6.07) is 4.98. The fraction of sp³-hybridized carbons (Fsp3) is 0.444. The minimum atomic E-state index is -1.53. The molecule has 0 saturated heterocycles. The van der Waals surface area contributed by atoms with Gasteiger partial charge >= 0.3 is 23.2 Å². The van der Waals surface area contributed by atoms with Gasteiger partial charge in [0.2, 0.25) is 0 Å². The Kier molecular flexibility index (Phi) is 5.17. The number of aromatic amines is 1. The Balaban J connectivity index is 2.61. The Hall–Kier alpha value is -3.10. The Morgan fingerprint density at radius 1 is 1.15 bits per heavy atom. The van der Waals surface area contributed by atoms with Gasteiger partial charge < -0.3 is 20.1 Å². The number of ether oxygens (including phenoxy) is 1. The first-order valence-corrected chi connectivity index (χ1v) is 8.31. The zero-order chi connectivity index (χ0) is 20.6. The topological polar surface area (TPSA) is 130 Å². The number of amides is 1. The van der Waals surface area contributed by atoms with E-state index in [0.29, 0.717) is 11.0 Å². The lowest BCUT2D eigenvalue weighted by Crippen LogP contribution is -2.59. The molecule has 0 aliphatic heterocycles. The first-order chi connectivity index (χ1) is 12.3. The fourth-order valence-electron chi connectivity index (χ4n) is 2.83. The zero-order valence-corrected chi connectivity index (χ0v) is 15.8. The Morgan fingerprint density at radius 3 is 2.30 bits per heavy atom. The van der Waals surface area contributed by atoms with Crippen LogP contribution in [0.4, 0.5) is 4.79 Å². The standard InChI is InChI=1S/C18H23N3O6/c1-17(2,3)27-16(26)20-12(15(24)25)18(4,5)21-11-9-7-6-8-10(11)19-13(22)14(21)23/h6-9,12H,1-5H3,(H,19,22)(H,20,26)(H,24,25)/t12-/m1/s1. The number of carbonyl (C=O) groups excluding carboxylic acids is 1. The molecular weight excluding hydrogens is 354 g/mol. The van der Waals surface area contributed by atoms with E-state index in [1.54, 1.807) is 45.0 Å². The molecule has 3 N–H and O–H groups in total. The summed E-state index contributed by atoms with van der Waals surface area (Å²) < 4.78 is 6.20. The van der Waals surface area contributed by atoms with Crippen molar-refractivity contribution in [1.29, 1.82) is 0 Å². The minimum absolute atomic E-state index is 0.337. The first kappa shape index (κ1) is 20.2. The molecule has 0 spiro atoms. The van der Waals surface area contributed by atoms with Gasteiger partial charge in [0.05, 0.1) is 16.6 Å². The van der Waals surface area contributed by atoms with Gasteiger partial charge in [-0.05, 0) is 46.8 Å². The maximum atomic E-state index is 12.6. The van der Waals surface area contributed by atoms with Crippen molar-refractivity contribution in [2.45, 2.75) is 51.8 Å². The predicted molar refractivity (Wildman–Crippen MR) is 98.9 cm³/mol. The number of alkyl carbamates (subject to hydrolysis) is 1. The fourth-order valence-corrected chi connectivity index (χ4v) is 2.83. The summed E-state index contributed by atoms with van der Waals surface area (Å²) in [5, 5.41) is 12.0. The first-order valence-electron chi connectivity index (χ1n) is 8.31. The molecule has 2 aromatic rings. The summed E-state index contributed by atoms with van der Waals surface area (Å²) in [5.74, 6) is -1.37. The van der Waals surface area contributed by atoms with E-state index in [2.05, 4.69) is 10.3 Å². The number of rotatable bonds is 4. The highest BCUT2D eigenvalue weighted by Gasteiger charge is 2.41. The smallest absolute Gasteiger partial charge is 0.408 e. The number of hydrogen-bond donors (Lipinski definition) is 3. The number of carboxylic acids is 1. The van der Waals surface area contributed by atoms with Crippen molar-refractivity contribution in [3.05, 3.63) is 45.0 Å². The molecule has 2 rings (SSSR count). The lowest BCUT2D eigenvalue weighted by atomic mass is 9.93. The van der Waals surface area contributed by atoms with E-state index in [1.165, 1.54) is 13.8 Å². The molecule has 0 radical (unpaired) electrons. The number of H-pyrrole nitrogens is 1. The maximum Gasteiger partial charge on any atom is 0.408 e. The highest BCUT2D eigenvalue weighted by Crippen LogP contribution is 2.23. The average Bonchev–Trinajstić information content (AvgIpc) is 2.51. The SMILES string of the molecule is CC(C)(C)OC(=O)N[C@H](C(=O)O)C(C)(C)n1c(=O)c(=O)[nH]c2ccccc21. The van der Waals surface area contributed by atoms with Crippen LogP contribution in [0, 0.1) is 0 Å². The van der Waals surface area contributed by atoms with Gasteiger partial charge in [0.25, 0.3) is 0 Å². The van der Waals surface area contributed by atoms with Crippen LogP contribution in [0.2, 0.25) is 0 Å². The van der Waals surface area contributed by atoms with Crippen LogP contribution in [0.3, 0.4) is 0 Å². The second-order valence-electron chi connectivity index (χ2n) is 7.68. The number of hydrogen-bond acceptors (Lipinski definition) is 5. The maximum absolute atomic E-state index is 12.6. The van der Waals surface area contributed by atoms with Crippen molar-refractivity contribution in [1.82, 2.24) is 14.9 Å². The molecule has 9 nitrogen and oxygen atoms in total. The number of aliphatic carboxylic acids is 1. The Bertz CT molecular complexity index is 997. The number of carbonyl (C=O) groups is 2. The molecule has 1 aromatic carbocycles.